The van der Waals surface area contributed by atoms with Crippen LogP contribution in [0.2, 0.25) is 0 Å². The molecule has 0 aromatic rings. The largest absolute Gasteiger partial charge is 0.295 e. The van der Waals surface area contributed by atoms with Crippen molar-refractivity contribution in [1.29, 1.82) is 0 Å². The van der Waals surface area contributed by atoms with Gasteiger partial charge in [-0.15, -0.1) is 0 Å². The maximum Gasteiger partial charge on any atom is 0.155 e. The number of allylic oxidation sites excluding steroid dienone is 4. The second-order valence-electron chi connectivity index (χ2n) is 5.32. The molecule has 1 heteroatoms. The average molecular weight is 204 g/mol. The summed E-state index contributed by atoms with van der Waals surface area (Å²) in [6.45, 7) is 6.65. The van der Waals surface area contributed by atoms with Crippen molar-refractivity contribution < 1.29 is 4.79 Å². The molecule has 0 saturated heterocycles. The van der Waals surface area contributed by atoms with E-state index < -0.39 is 0 Å². The second-order valence-corrected chi connectivity index (χ2v) is 5.32. The fraction of sp³-hybridized carbons (Fsp3) is 0.643. The van der Waals surface area contributed by atoms with Crippen molar-refractivity contribution in [2.45, 2.75) is 46.5 Å². The first-order valence-electron chi connectivity index (χ1n) is 5.97. The first kappa shape index (κ1) is 10.7. The van der Waals surface area contributed by atoms with Crippen LogP contribution < -0.4 is 0 Å². The number of rotatable bonds is 1. The molecule has 0 aliphatic heterocycles. The number of carbonyl (C=O) groups is 1. The summed E-state index contributed by atoms with van der Waals surface area (Å²) in [5, 5.41) is 0. The van der Waals surface area contributed by atoms with Crippen LogP contribution >= 0.6 is 0 Å². The van der Waals surface area contributed by atoms with E-state index in [0.717, 1.165) is 12.8 Å². The third kappa shape index (κ3) is 1.80. The van der Waals surface area contributed by atoms with Gasteiger partial charge in [0.25, 0.3) is 0 Å². The van der Waals surface area contributed by atoms with Gasteiger partial charge in [-0.25, -0.2) is 0 Å². The number of ketones is 1. The maximum absolute atomic E-state index is 11.3. The smallest absolute Gasteiger partial charge is 0.155 e. The molecular formula is C14H20O. The summed E-state index contributed by atoms with van der Waals surface area (Å²) in [6, 6.07) is 0. The molecule has 0 N–H and O–H groups in total. The fourth-order valence-electron chi connectivity index (χ4n) is 2.83. The van der Waals surface area contributed by atoms with E-state index in [4.69, 9.17) is 0 Å². The molecule has 82 valence electrons. The first-order chi connectivity index (χ1) is 7.03. The quantitative estimate of drug-likeness (QED) is 0.596. The molecule has 1 unspecified atom stereocenters. The minimum atomic E-state index is 0.244. The van der Waals surface area contributed by atoms with Crippen LogP contribution in [-0.4, -0.2) is 5.78 Å². The Morgan fingerprint density at radius 1 is 1.27 bits per heavy atom. The van der Waals surface area contributed by atoms with Crippen LogP contribution in [0.25, 0.3) is 0 Å². The highest BCUT2D eigenvalue weighted by Gasteiger charge is 2.37. The van der Waals surface area contributed by atoms with Crippen LogP contribution in [0, 0.1) is 11.3 Å². The summed E-state index contributed by atoms with van der Waals surface area (Å²) in [6.07, 6.45) is 8.52. The lowest BCUT2D eigenvalue weighted by Crippen LogP contribution is -2.23. The highest BCUT2D eigenvalue weighted by molar-refractivity contribution is 5.91. The van der Waals surface area contributed by atoms with Crippen LogP contribution in [-0.2, 0) is 4.79 Å². The molecule has 15 heavy (non-hydrogen) atoms. The molecule has 1 atom stereocenters. The van der Waals surface area contributed by atoms with E-state index in [-0.39, 0.29) is 5.41 Å². The van der Waals surface area contributed by atoms with Crippen molar-refractivity contribution >= 4 is 5.78 Å². The van der Waals surface area contributed by atoms with Crippen molar-refractivity contribution in [1.82, 2.24) is 0 Å². The van der Waals surface area contributed by atoms with Gasteiger partial charge in [0.05, 0.1) is 0 Å². The summed E-state index contributed by atoms with van der Waals surface area (Å²) in [4.78, 5) is 11.3. The van der Waals surface area contributed by atoms with E-state index in [1.54, 1.807) is 5.57 Å². The Morgan fingerprint density at radius 2 is 1.93 bits per heavy atom. The van der Waals surface area contributed by atoms with E-state index in [0.29, 0.717) is 11.7 Å². The van der Waals surface area contributed by atoms with E-state index >= 15 is 0 Å². The number of hydrogen-bond donors (Lipinski definition) is 0. The zero-order chi connectivity index (χ0) is 11.1. The maximum atomic E-state index is 11.3. The van der Waals surface area contributed by atoms with Gasteiger partial charge >= 0.3 is 0 Å². The molecule has 2 aliphatic rings. The average Bonchev–Trinajstić information content (AvgIpc) is 2.58. The molecule has 0 bridgehead atoms. The van der Waals surface area contributed by atoms with Crippen LogP contribution in [0.4, 0.5) is 0 Å². The lowest BCUT2D eigenvalue weighted by molar-refractivity contribution is -0.115. The van der Waals surface area contributed by atoms with Gasteiger partial charge < -0.3 is 0 Å². The van der Waals surface area contributed by atoms with Crippen molar-refractivity contribution in [3.63, 3.8) is 0 Å². The molecule has 2 rings (SSSR count). The lowest BCUT2D eigenvalue weighted by Gasteiger charge is -2.31. The molecule has 1 spiro atoms. The molecule has 0 amide bonds. The Balaban J connectivity index is 2.30. The van der Waals surface area contributed by atoms with Gasteiger partial charge in [0.1, 0.15) is 0 Å². The Hall–Kier alpha value is -0.850. The van der Waals surface area contributed by atoms with E-state index in [1.807, 2.05) is 6.08 Å². The highest BCUT2D eigenvalue weighted by Crippen LogP contribution is 2.48. The molecule has 0 radical (unpaired) electrons. The Morgan fingerprint density at radius 3 is 2.47 bits per heavy atom. The Bertz CT molecular complexity index is 346. The standard InChI is InChI=1S/C14H20O/c1-10(2)12-4-6-14(9-12)7-5-13(15)8-11(14)3/h8-10H,4-7H2,1-3H3. The zero-order valence-electron chi connectivity index (χ0n) is 9.97. The van der Waals surface area contributed by atoms with Crippen molar-refractivity contribution in [3.8, 4) is 0 Å². The molecule has 0 aromatic carbocycles. The van der Waals surface area contributed by atoms with Crippen LogP contribution in [0.5, 0.6) is 0 Å². The molecule has 0 aromatic heterocycles. The lowest BCUT2D eigenvalue weighted by atomic mass is 9.72. The monoisotopic (exact) mass is 204 g/mol. The summed E-state index contributed by atoms with van der Waals surface area (Å²) in [5.74, 6) is 0.972. The van der Waals surface area contributed by atoms with Crippen molar-refractivity contribution in [3.05, 3.63) is 23.3 Å². The minimum Gasteiger partial charge on any atom is -0.295 e. The second kappa shape index (κ2) is 3.62. The minimum absolute atomic E-state index is 0.244. The zero-order valence-corrected chi connectivity index (χ0v) is 9.97. The molecule has 2 aliphatic carbocycles. The van der Waals surface area contributed by atoms with Crippen molar-refractivity contribution in [2.24, 2.45) is 11.3 Å². The summed E-state index contributed by atoms with van der Waals surface area (Å²) in [7, 11) is 0. The predicted molar refractivity (Wildman–Crippen MR) is 62.6 cm³/mol. The SMILES string of the molecule is CC1=CC(=O)CCC12C=C(C(C)C)CC2. The molecule has 0 fully saturated rings. The van der Waals surface area contributed by atoms with Gasteiger partial charge in [-0.3, -0.25) is 4.79 Å². The number of hydrogen-bond acceptors (Lipinski definition) is 1. The van der Waals surface area contributed by atoms with Crippen LogP contribution in [0.1, 0.15) is 46.5 Å². The summed E-state index contributed by atoms with van der Waals surface area (Å²) in [5.41, 5.74) is 3.11. The molecule has 0 heterocycles. The third-order valence-corrected chi connectivity index (χ3v) is 4.04. The highest BCUT2D eigenvalue weighted by atomic mass is 16.1. The molecular weight excluding hydrogens is 184 g/mol. The van der Waals surface area contributed by atoms with Gasteiger partial charge in [-0.05, 0) is 38.2 Å². The van der Waals surface area contributed by atoms with Gasteiger partial charge in [0.2, 0.25) is 0 Å². The van der Waals surface area contributed by atoms with Gasteiger partial charge in [0.15, 0.2) is 5.78 Å². The Labute approximate surface area is 92.3 Å². The van der Waals surface area contributed by atoms with Gasteiger partial charge in [-0.2, -0.15) is 0 Å². The van der Waals surface area contributed by atoms with E-state index in [1.165, 1.54) is 18.4 Å². The normalized spacial score (nSPS) is 31.1. The topological polar surface area (TPSA) is 17.1 Å². The number of carbonyl (C=O) groups excluding carboxylic acids is 1. The predicted octanol–water partition coefficient (Wildman–Crippen LogP) is 3.66. The Kier molecular flexibility index (Phi) is 2.57. The van der Waals surface area contributed by atoms with E-state index in [2.05, 4.69) is 26.8 Å². The van der Waals surface area contributed by atoms with Crippen molar-refractivity contribution in [2.75, 3.05) is 0 Å². The molecule has 0 saturated carbocycles. The first-order valence-corrected chi connectivity index (χ1v) is 5.97. The molecule has 1 nitrogen and oxygen atoms in total. The summed E-state index contributed by atoms with van der Waals surface area (Å²) >= 11 is 0. The van der Waals surface area contributed by atoms with Crippen LogP contribution in [0.3, 0.4) is 0 Å². The third-order valence-electron chi connectivity index (χ3n) is 4.04. The fourth-order valence-corrected chi connectivity index (χ4v) is 2.83. The van der Waals surface area contributed by atoms with Crippen LogP contribution in [0.15, 0.2) is 23.3 Å². The summed E-state index contributed by atoms with van der Waals surface area (Å²) < 4.78 is 0. The van der Waals surface area contributed by atoms with Gasteiger partial charge in [-0.1, -0.05) is 31.1 Å². The van der Waals surface area contributed by atoms with Gasteiger partial charge in [0, 0.05) is 11.8 Å². The van der Waals surface area contributed by atoms with E-state index in [9.17, 15) is 4.79 Å².